The Labute approximate surface area is 183 Å². The lowest BCUT2D eigenvalue weighted by atomic mass is 9.97. The van der Waals surface area contributed by atoms with Gasteiger partial charge < -0.3 is 15.0 Å². The molecule has 3 rings (SSSR count). The molecule has 1 aliphatic heterocycles. The molecule has 1 aliphatic rings. The van der Waals surface area contributed by atoms with Gasteiger partial charge in [-0.2, -0.15) is 0 Å². The molecule has 1 N–H and O–H groups in total. The normalized spacial score (nSPS) is 16.3. The van der Waals surface area contributed by atoms with Crippen molar-refractivity contribution < 1.29 is 14.3 Å². The van der Waals surface area contributed by atoms with Crippen LogP contribution in [-0.4, -0.2) is 47.7 Å². The average Bonchev–Trinajstić information content (AvgIpc) is 2.76. The number of halogens is 1. The highest BCUT2D eigenvalue weighted by Gasteiger charge is 2.28. The quantitative estimate of drug-likeness (QED) is 0.604. The summed E-state index contributed by atoms with van der Waals surface area (Å²) in [4.78, 5) is 32.3. The summed E-state index contributed by atoms with van der Waals surface area (Å²) in [5, 5.41) is 2.85. The third-order valence-corrected chi connectivity index (χ3v) is 6.25. The summed E-state index contributed by atoms with van der Waals surface area (Å²) in [6, 6.07) is 11.4. The van der Waals surface area contributed by atoms with E-state index in [0.717, 1.165) is 28.0 Å². The number of carbonyl (C=O) groups excluding carboxylic acids is 2. The minimum Gasteiger partial charge on any atom is -0.497 e. The Hall–Kier alpha value is -2.06. The molecule has 2 aromatic rings. The zero-order valence-electron chi connectivity index (χ0n) is 16.3. The summed E-state index contributed by atoms with van der Waals surface area (Å²) in [7, 11) is 1.64. The molecule has 29 heavy (non-hydrogen) atoms. The zero-order valence-corrected chi connectivity index (χ0v) is 18.7. The van der Waals surface area contributed by atoms with Crippen LogP contribution in [0.1, 0.15) is 19.3 Å². The van der Waals surface area contributed by atoms with Gasteiger partial charge in [-0.15, -0.1) is 11.8 Å². The molecule has 2 amide bonds. The number of thioether (sulfide) groups is 1. The molecule has 0 radical (unpaired) electrons. The lowest BCUT2D eigenvalue weighted by molar-refractivity contribution is -0.134. The number of likely N-dealkylation sites (tertiary alicyclic amines) is 1. The molecule has 1 aromatic heterocycles. The maximum absolute atomic E-state index is 12.6. The number of nitrogens with zero attached hydrogens (tertiary/aromatic N) is 2. The Kier molecular flexibility index (Phi) is 7.94. The van der Waals surface area contributed by atoms with Crippen molar-refractivity contribution in [2.75, 3.05) is 31.3 Å². The third-order valence-electron chi connectivity index (χ3n) is 4.77. The minimum absolute atomic E-state index is 0.0788. The fourth-order valence-electron chi connectivity index (χ4n) is 3.18. The van der Waals surface area contributed by atoms with E-state index in [0.29, 0.717) is 31.1 Å². The van der Waals surface area contributed by atoms with Gasteiger partial charge in [-0.05, 0) is 65.2 Å². The van der Waals surface area contributed by atoms with Gasteiger partial charge in [0.15, 0.2) is 0 Å². The highest BCUT2D eigenvalue weighted by molar-refractivity contribution is 9.10. The number of pyridine rings is 1. The molecule has 2 heterocycles. The number of methoxy groups -OCH3 is 1. The van der Waals surface area contributed by atoms with Crippen LogP contribution >= 0.6 is 27.7 Å². The molecule has 0 aliphatic carbocycles. The van der Waals surface area contributed by atoms with Gasteiger partial charge in [-0.3, -0.25) is 9.59 Å². The van der Waals surface area contributed by atoms with E-state index in [-0.39, 0.29) is 17.7 Å². The third kappa shape index (κ3) is 6.47. The van der Waals surface area contributed by atoms with E-state index < -0.39 is 0 Å². The molecule has 1 unspecified atom stereocenters. The molecular weight excluding hydrogens is 454 g/mol. The first-order valence-corrected chi connectivity index (χ1v) is 11.3. The topological polar surface area (TPSA) is 71.5 Å². The van der Waals surface area contributed by atoms with Crippen molar-refractivity contribution in [1.82, 2.24) is 9.88 Å². The van der Waals surface area contributed by atoms with Crippen molar-refractivity contribution in [1.29, 1.82) is 0 Å². The largest absolute Gasteiger partial charge is 0.497 e. The lowest BCUT2D eigenvalue weighted by Crippen LogP contribution is -2.43. The van der Waals surface area contributed by atoms with E-state index in [1.165, 1.54) is 0 Å². The Morgan fingerprint density at radius 3 is 2.76 bits per heavy atom. The highest BCUT2D eigenvalue weighted by atomic mass is 79.9. The average molecular weight is 478 g/mol. The van der Waals surface area contributed by atoms with Crippen molar-refractivity contribution >= 4 is 45.3 Å². The number of amides is 2. The molecular formula is C21H24BrN3O3S. The zero-order chi connectivity index (χ0) is 20.6. The van der Waals surface area contributed by atoms with Crippen molar-refractivity contribution in [3.63, 3.8) is 0 Å². The van der Waals surface area contributed by atoms with E-state index in [2.05, 4.69) is 26.2 Å². The minimum atomic E-state index is -0.201. The van der Waals surface area contributed by atoms with Crippen LogP contribution < -0.4 is 10.1 Å². The summed E-state index contributed by atoms with van der Waals surface area (Å²) in [5.41, 5.74) is 0. The van der Waals surface area contributed by atoms with Gasteiger partial charge in [0.2, 0.25) is 11.8 Å². The molecule has 0 bridgehead atoms. The number of carbonyl (C=O) groups is 2. The number of piperidine rings is 1. The molecule has 8 heteroatoms. The standard InChI is InChI=1S/C21H24BrN3O3S/c1-28-17-5-7-18(8-6-17)29-12-10-20(26)25-11-2-3-15(14-25)21(27)24-19-9-4-16(22)13-23-19/h4-9,13,15H,2-3,10-12,14H2,1H3,(H,23,24,27). The van der Waals surface area contributed by atoms with E-state index in [1.54, 1.807) is 31.1 Å². The first-order chi connectivity index (χ1) is 14.0. The van der Waals surface area contributed by atoms with Gasteiger partial charge in [0.1, 0.15) is 11.6 Å². The monoisotopic (exact) mass is 477 g/mol. The second-order valence-electron chi connectivity index (χ2n) is 6.80. The summed E-state index contributed by atoms with van der Waals surface area (Å²) < 4.78 is 6.01. The van der Waals surface area contributed by atoms with E-state index >= 15 is 0 Å². The Bertz CT molecular complexity index is 830. The molecule has 1 atom stereocenters. The Balaban J connectivity index is 1.45. The summed E-state index contributed by atoms with van der Waals surface area (Å²) in [6.07, 6.45) is 3.72. The summed E-state index contributed by atoms with van der Waals surface area (Å²) >= 11 is 4.97. The van der Waals surface area contributed by atoms with Gasteiger partial charge in [-0.1, -0.05) is 0 Å². The number of hydrogen-bond acceptors (Lipinski definition) is 5. The molecule has 6 nitrogen and oxygen atoms in total. The Morgan fingerprint density at radius 1 is 1.28 bits per heavy atom. The van der Waals surface area contributed by atoms with Gasteiger partial charge in [0, 0.05) is 40.8 Å². The maximum atomic E-state index is 12.6. The van der Waals surface area contributed by atoms with E-state index in [9.17, 15) is 9.59 Å². The van der Waals surface area contributed by atoms with Crippen LogP contribution in [0.2, 0.25) is 0 Å². The number of nitrogens with one attached hydrogen (secondary N) is 1. The number of ether oxygens (including phenoxy) is 1. The number of anilines is 1. The second kappa shape index (κ2) is 10.6. The van der Waals surface area contributed by atoms with Gasteiger partial charge in [0.25, 0.3) is 0 Å². The molecule has 1 aromatic carbocycles. The fourth-order valence-corrected chi connectivity index (χ4v) is 4.26. The van der Waals surface area contributed by atoms with Crippen LogP contribution in [0, 0.1) is 5.92 Å². The number of rotatable bonds is 7. The van der Waals surface area contributed by atoms with Crippen LogP contribution in [0.3, 0.4) is 0 Å². The smallest absolute Gasteiger partial charge is 0.230 e. The number of benzene rings is 1. The molecule has 1 fully saturated rings. The van der Waals surface area contributed by atoms with Crippen LogP contribution in [0.4, 0.5) is 5.82 Å². The molecule has 154 valence electrons. The number of hydrogen-bond donors (Lipinski definition) is 1. The van der Waals surface area contributed by atoms with Crippen LogP contribution in [0.15, 0.2) is 52.0 Å². The second-order valence-corrected chi connectivity index (χ2v) is 8.89. The molecule has 0 spiro atoms. The maximum Gasteiger partial charge on any atom is 0.230 e. The predicted octanol–water partition coefficient (Wildman–Crippen LogP) is 4.21. The first-order valence-electron chi connectivity index (χ1n) is 9.52. The lowest BCUT2D eigenvalue weighted by Gasteiger charge is -2.32. The first kappa shape index (κ1) is 21.6. The van der Waals surface area contributed by atoms with Crippen molar-refractivity contribution in [2.24, 2.45) is 5.92 Å². The predicted molar refractivity (Wildman–Crippen MR) is 118 cm³/mol. The Morgan fingerprint density at radius 2 is 2.07 bits per heavy atom. The highest BCUT2D eigenvalue weighted by Crippen LogP contribution is 2.23. The van der Waals surface area contributed by atoms with Gasteiger partial charge >= 0.3 is 0 Å². The van der Waals surface area contributed by atoms with E-state index in [4.69, 9.17) is 4.74 Å². The fraction of sp³-hybridized carbons (Fsp3) is 0.381. The van der Waals surface area contributed by atoms with Crippen LogP contribution in [0.25, 0.3) is 0 Å². The number of aromatic nitrogens is 1. The SMILES string of the molecule is COc1ccc(SCCC(=O)N2CCCC(C(=O)Nc3ccc(Br)cn3)C2)cc1. The summed E-state index contributed by atoms with van der Waals surface area (Å²) in [5.74, 6) is 1.88. The molecule has 1 saturated heterocycles. The molecule has 0 saturated carbocycles. The van der Waals surface area contributed by atoms with Crippen molar-refractivity contribution in [2.45, 2.75) is 24.2 Å². The summed E-state index contributed by atoms with van der Waals surface area (Å²) in [6.45, 7) is 1.18. The van der Waals surface area contributed by atoms with Gasteiger partial charge in [-0.25, -0.2) is 4.98 Å². The van der Waals surface area contributed by atoms with Gasteiger partial charge in [0.05, 0.1) is 13.0 Å². The van der Waals surface area contributed by atoms with Crippen molar-refractivity contribution in [3.8, 4) is 5.75 Å². The van der Waals surface area contributed by atoms with E-state index in [1.807, 2.05) is 35.2 Å². The van der Waals surface area contributed by atoms with Crippen LogP contribution in [-0.2, 0) is 9.59 Å². The van der Waals surface area contributed by atoms with Crippen LogP contribution in [0.5, 0.6) is 5.75 Å². The van der Waals surface area contributed by atoms with Crippen molar-refractivity contribution in [3.05, 3.63) is 47.1 Å².